The monoisotopic (exact) mass is 279 g/mol. The van der Waals surface area contributed by atoms with Crippen LogP contribution in [0.15, 0.2) is 18.2 Å². The molecule has 1 unspecified atom stereocenters. The predicted molar refractivity (Wildman–Crippen MR) is 75.7 cm³/mol. The molecule has 1 heterocycles. The van der Waals surface area contributed by atoms with Crippen molar-refractivity contribution in [2.24, 2.45) is 0 Å². The van der Waals surface area contributed by atoms with Crippen LogP contribution in [-0.4, -0.2) is 45.8 Å². The Morgan fingerprint density at radius 3 is 2.95 bits per heavy atom. The van der Waals surface area contributed by atoms with Gasteiger partial charge in [0.15, 0.2) is 17.3 Å². The lowest BCUT2D eigenvalue weighted by Crippen LogP contribution is -2.28. The van der Waals surface area contributed by atoms with E-state index in [1.807, 2.05) is 0 Å². The Morgan fingerprint density at radius 2 is 2.30 bits per heavy atom. The lowest BCUT2D eigenvalue weighted by atomic mass is 10.1. The first-order valence-electron chi connectivity index (χ1n) is 6.85. The fourth-order valence-corrected chi connectivity index (χ4v) is 2.19. The van der Waals surface area contributed by atoms with Gasteiger partial charge in [-0.15, -0.1) is 0 Å². The van der Waals surface area contributed by atoms with Crippen LogP contribution in [0.4, 0.5) is 0 Å². The molecule has 0 saturated carbocycles. The summed E-state index contributed by atoms with van der Waals surface area (Å²) in [5, 5.41) is 2.85. The summed E-state index contributed by atoms with van der Waals surface area (Å²) in [5.41, 5.74) is 0.617. The van der Waals surface area contributed by atoms with Gasteiger partial charge in [0.2, 0.25) is 0 Å². The highest BCUT2D eigenvalue weighted by Gasteiger charge is 2.18. The lowest BCUT2D eigenvalue weighted by molar-refractivity contribution is 0.00641. The molecule has 0 radical (unpaired) electrons. The summed E-state index contributed by atoms with van der Waals surface area (Å²) in [6, 6.07) is 5.26. The van der Waals surface area contributed by atoms with Gasteiger partial charge in [-0.05, 0) is 38.1 Å². The summed E-state index contributed by atoms with van der Waals surface area (Å²) in [4.78, 5) is 11.9. The molecule has 2 rings (SSSR count). The fraction of sp³-hybridized carbons (Fsp3) is 0.533. The third kappa shape index (κ3) is 3.71. The first-order chi connectivity index (χ1) is 9.74. The number of carbonyl (C=O) groups excluding carboxylic acids is 1. The minimum Gasteiger partial charge on any atom is -0.493 e. The number of rotatable bonds is 6. The van der Waals surface area contributed by atoms with Crippen molar-refractivity contribution in [3.63, 3.8) is 0 Å². The summed E-state index contributed by atoms with van der Waals surface area (Å²) in [7, 11) is 3.34. The van der Waals surface area contributed by atoms with Crippen molar-refractivity contribution in [3.8, 4) is 11.5 Å². The quantitative estimate of drug-likeness (QED) is 0.803. The normalized spacial score (nSPS) is 18.6. The highest BCUT2D eigenvalue weighted by molar-refractivity contribution is 5.98. The lowest BCUT2D eigenvalue weighted by Gasteiger charge is -2.24. The molecule has 1 N–H and O–H groups in total. The molecule has 0 bridgehead atoms. The Morgan fingerprint density at radius 1 is 1.45 bits per heavy atom. The largest absolute Gasteiger partial charge is 0.493 e. The van der Waals surface area contributed by atoms with E-state index in [1.54, 1.807) is 32.4 Å². The Balaban J connectivity index is 2.15. The van der Waals surface area contributed by atoms with Gasteiger partial charge in [0.25, 0.3) is 0 Å². The molecular formula is C15H21NO4. The molecule has 0 aliphatic carbocycles. The second-order valence-electron chi connectivity index (χ2n) is 4.78. The Labute approximate surface area is 119 Å². The van der Waals surface area contributed by atoms with Crippen molar-refractivity contribution in [1.82, 2.24) is 5.32 Å². The molecule has 1 aliphatic heterocycles. The van der Waals surface area contributed by atoms with Crippen LogP contribution in [-0.2, 0) is 4.74 Å². The van der Waals surface area contributed by atoms with Gasteiger partial charge in [-0.3, -0.25) is 4.79 Å². The molecule has 5 nitrogen and oxygen atoms in total. The SMILES string of the molecule is CNCC(=O)c1ccc(OC)c(OC2CCCOC2)c1. The number of nitrogens with one attached hydrogen (secondary N) is 1. The van der Waals surface area contributed by atoms with Crippen LogP contribution in [0.25, 0.3) is 0 Å². The molecule has 1 aromatic rings. The molecular weight excluding hydrogens is 258 g/mol. The topological polar surface area (TPSA) is 56.8 Å². The molecule has 1 fully saturated rings. The average molecular weight is 279 g/mol. The van der Waals surface area contributed by atoms with Crippen LogP contribution >= 0.6 is 0 Å². The van der Waals surface area contributed by atoms with Crippen LogP contribution in [0.3, 0.4) is 0 Å². The van der Waals surface area contributed by atoms with Gasteiger partial charge in [0, 0.05) is 12.2 Å². The van der Waals surface area contributed by atoms with E-state index in [-0.39, 0.29) is 11.9 Å². The van der Waals surface area contributed by atoms with Crippen molar-refractivity contribution < 1.29 is 19.0 Å². The van der Waals surface area contributed by atoms with Gasteiger partial charge in [-0.1, -0.05) is 0 Å². The molecule has 5 heteroatoms. The predicted octanol–water partition coefficient (Wildman–Crippen LogP) is 1.66. The molecule has 0 aromatic heterocycles. The molecule has 0 amide bonds. The Hall–Kier alpha value is -1.59. The van der Waals surface area contributed by atoms with Crippen LogP contribution in [0, 0.1) is 0 Å². The van der Waals surface area contributed by atoms with Gasteiger partial charge in [-0.2, -0.15) is 0 Å². The zero-order valence-corrected chi connectivity index (χ0v) is 12.0. The molecule has 20 heavy (non-hydrogen) atoms. The molecule has 110 valence electrons. The van der Waals surface area contributed by atoms with Gasteiger partial charge >= 0.3 is 0 Å². The highest BCUT2D eigenvalue weighted by Crippen LogP contribution is 2.30. The minimum atomic E-state index is 0.0207. The van der Waals surface area contributed by atoms with Crippen molar-refractivity contribution in [3.05, 3.63) is 23.8 Å². The number of ether oxygens (including phenoxy) is 3. The van der Waals surface area contributed by atoms with Gasteiger partial charge in [0.1, 0.15) is 6.10 Å². The average Bonchev–Trinajstić information content (AvgIpc) is 2.48. The van der Waals surface area contributed by atoms with E-state index >= 15 is 0 Å². The van der Waals surface area contributed by atoms with Crippen molar-refractivity contribution in [1.29, 1.82) is 0 Å². The third-order valence-electron chi connectivity index (χ3n) is 3.24. The van der Waals surface area contributed by atoms with Crippen LogP contribution < -0.4 is 14.8 Å². The standard InChI is InChI=1S/C15H21NO4/c1-16-9-13(17)11-5-6-14(18-2)15(8-11)20-12-4-3-7-19-10-12/h5-6,8,12,16H,3-4,7,9-10H2,1-2H3. The van der Waals surface area contributed by atoms with E-state index in [0.29, 0.717) is 30.2 Å². The van der Waals surface area contributed by atoms with Crippen LogP contribution in [0.2, 0.25) is 0 Å². The molecule has 1 atom stereocenters. The number of hydrogen-bond acceptors (Lipinski definition) is 5. The summed E-state index contributed by atoms with van der Waals surface area (Å²) in [6.07, 6.45) is 1.97. The third-order valence-corrected chi connectivity index (χ3v) is 3.24. The van der Waals surface area contributed by atoms with Crippen LogP contribution in [0.5, 0.6) is 11.5 Å². The number of likely N-dealkylation sites (N-methyl/N-ethyl adjacent to an activating group) is 1. The maximum Gasteiger partial charge on any atom is 0.176 e. The van der Waals surface area contributed by atoms with Crippen LogP contribution in [0.1, 0.15) is 23.2 Å². The van der Waals surface area contributed by atoms with E-state index < -0.39 is 0 Å². The maximum absolute atomic E-state index is 11.9. The summed E-state index contributed by atoms with van der Waals surface area (Å²) >= 11 is 0. The smallest absolute Gasteiger partial charge is 0.176 e. The van der Waals surface area contributed by atoms with Crippen molar-refractivity contribution in [2.75, 3.05) is 33.9 Å². The number of methoxy groups -OCH3 is 1. The second-order valence-corrected chi connectivity index (χ2v) is 4.78. The maximum atomic E-state index is 11.9. The second kappa shape index (κ2) is 7.26. The van der Waals surface area contributed by atoms with Gasteiger partial charge < -0.3 is 19.5 Å². The first-order valence-corrected chi connectivity index (χ1v) is 6.85. The van der Waals surface area contributed by atoms with Crippen molar-refractivity contribution in [2.45, 2.75) is 18.9 Å². The molecule has 1 aromatic carbocycles. The van der Waals surface area contributed by atoms with Crippen molar-refractivity contribution >= 4 is 5.78 Å². The van der Waals surface area contributed by atoms with E-state index in [0.717, 1.165) is 19.4 Å². The fourth-order valence-electron chi connectivity index (χ4n) is 2.19. The number of Topliss-reactive ketones (excluding diaryl/α,β-unsaturated/α-hetero) is 1. The molecule has 0 spiro atoms. The van der Waals surface area contributed by atoms with E-state index in [1.165, 1.54) is 0 Å². The first kappa shape index (κ1) is 14.8. The Bertz CT molecular complexity index is 455. The van der Waals surface area contributed by atoms with Gasteiger partial charge in [-0.25, -0.2) is 0 Å². The number of benzene rings is 1. The van der Waals surface area contributed by atoms with Gasteiger partial charge in [0.05, 0.1) is 20.3 Å². The number of ketones is 1. The molecule has 1 saturated heterocycles. The molecule has 1 aliphatic rings. The van der Waals surface area contributed by atoms with E-state index in [9.17, 15) is 4.79 Å². The Kier molecular flexibility index (Phi) is 5.38. The zero-order valence-electron chi connectivity index (χ0n) is 12.0. The number of carbonyl (C=O) groups is 1. The summed E-state index contributed by atoms with van der Waals surface area (Å²) in [5.74, 6) is 1.27. The van der Waals surface area contributed by atoms with E-state index in [2.05, 4.69) is 5.32 Å². The zero-order chi connectivity index (χ0) is 14.4. The highest BCUT2D eigenvalue weighted by atomic mass is 16.5. The number of hydrogen-bond donors (Lipinski definition) is 1. The summed E-state index contributed by atoms with van der Waals surface area (Å²) < 4.78 is 16.6. The van der Waals surface area contributed by atoms with E-state index in [4.69, 9.17) is 14.2 Å². The minimum absolute atomic E-state index is 0.0207. The summed E-state index contributed by atoms with van der Waals surface area (Å²) in [6.45, 7) is 1.67.